The Morgan fingerprint density at radius 1 is 1.15 bits per heavy atom. The first kappa shape index (κ1) is 28.9. The van der Waals surface area contributed by atoms with Crippen molar-refractivity contribution >= 4 is 34.8 Å². The van der Waals surface area contributed by atoms with Crippen molar-refractivity contribution in [1.82, 2.24) is 9.80 Å². The standard InChI is InChI=1S/C24H23N5O9S/c1-16(30)39-21-11-20(27(13-21)24(32)37-14-17-7-9-19(10-8-17)28(33)34)12-26(15-25)23(31)38-22(29(35)36)18-5-3-2-4-6-18/h2-10,20-22H,11-14H2,1H3. The number of nitro groups is 2. The van der Waals surface area contributed by atoms with Gasteiger partial charge in [-0.3, -0.25) is 25.0 Å². The molecule has 14 nitrogen and oxygen atoms in total. The highest BCUT2D eigenvalue weighted by Crippen LogP contribution is 2.30. The van der Waals surface area contributed by atoms with Crippen LogP contribution in [0.1, 0.15) is 30.7 Å². The van der Waals surface area contributed by atoms with Gasteiger partial charge >= 0.3 is 18.4 Å². The molecule has 1 fully saturated rings. The van der Waals surface area contributed by atoms with Gasteiger partial charge in [0.25, 0.3) is 5.69 Å². The van der Waals surface area contributed by atoms with Crippen LogP contribution in [0, 0.1) is 31.7 Å². The summed E-state index contributed by atoms with van der Waals surface area (Å²) in [6.07, 6.45) is -2.03. The van der Waals surface area contributed by atoms with Gasteiger partial charge in [0.2, 0.25) is 0 Å². The average Bonchev–Trinajstić information content (AvgIpc) is 3.30. The number of ether oxygens (including phenoxy) is 2. The van der Waals surface area contributed by atoms with Crippen LogP contribution in [0.4, 0.5) is 15.3 Å². The molecule has 0 aliphatic carbocycles. The summed E-state index contributed by atoms with van der Waals surface area (Å²) in [4.78, 5) is 60.1. The van der Waals surface area contributed by atoms with Crippen molar-refractivity contribution in [3.63, 3.8) is 0 Å². The molecule has 204 valence electrons. The largest absolute Gasteiger partial charge is 0.445 e. The minimum Gasteiger partial charge on any atom is -0.445 e. The predicted octanol–water partition coefficient (Wildman–Crippen LogP) is 3.85. The van der Waals surface area contributed by atoms with Crippen LogP contribution in [0.2, 0.25) is 0 Å². The summed E-state index contributed by atoms with van der Waals surface area (Å²) in [5.41, 5.74) is 0.473. The number of hydrogen-bond acceptors (Lipinski definition) is 11. The first-order chi connectivity index (χ1) is 18.6. The number of rotatable bonds is 9. The molecule has 2 aromatic rings. The van der Waals surface area contributed by atoms with Crippen molar-refractivity contribution in [3.05, 3.63) is 86.0 Å². The van der Waals surface area contributed by atoms with Gasteiger partial charge < -0.3 is 14.4 Å². The highest BCUT2D eigenvalue weighted by molar-refractivity contribution is 8.14. The normalized spacial score (nSPS) is 17.0. The number of carbonyl (C=O) groups is 3. The molecule has 0 radical (unpaired) electrons. The molecular weight excluding hydrogens is 534 g/mol. The molecule has 0 saturated carbocycles. The van der Waals surface area contributed by atoms with Gasteiger partial charge in [0.05, 0.1) is 28.0 Å². The first-order valence-corrected chi connectivity index (χ1v) is 12.4. The molecule has 1 aliphatic heterocycles. The van der Waals surface area contributed by atoms with E-state index in [2.05, 4.69) is 0 Å². The quantitative estimate of drug-likeness (QED) is 0.143. The third-order valence-electron chi connectivity index (χ3n) is 5.68. The van der Waals surface area contributed by atoms with E-state index in [1.54, 1.807) is 12.3 Å². The first-order valence-electron chi connectivity index (χ1n) is 11.5. The van der Waals surface area contributed by atoms with Crippen LogP contribution >= 0.6 is 11.8 Å². The zero-order valence-electron chi connectivity index (χ0n) is 20.6. The fourth-order valence-corrected chi connectivity index (χ4v) is 4.93. The Balaban J connectivity index is 1.70. The molecule has 2 amide bonds. The van der Waals surface area contributed by atoms with E-state index >= 15 is 0 Å². The summed E-state index contributed by atoms with van der Waals surface area (Å²) in [6.45, 7) is 0.908. The van der Waals surface area contributed by atoms with E-state index in [-0.39, 0.29) is 47.7 Å². The summed E-state index contributed by atoms with van der Waals surface area (Å²) in [6, 6.07) is 12.2. The Morgan fingerprint density at radius 3 is 2.38 bits per heavy atom. The second kappa shape index (κ2) is 13.2. The third-order valence-corrected chi connectivity index (χ3v) is 6.68. The van der Waals surface area contributed by atoms with Crippen LogP contribution in [0.15, 0.2) is 54.6 Å². The van der Waals surface area contributed by atoms with Crippen LogP contribution < -0.4 is 0 Å². The summed E-state index contributed by atoms with van der Waals surface area (Å²) >= 11 is 1.00. The number of amides is 2. The van der Waals surface area contributed by atoms with E-state index in [0.717, 1.165) is 11.8 Å². The van der Waals surface area contributed by atoms with E-state index in [0.29, 0.717) is 10.5 Å². The van der Waals surface area contributed by atoms with Crippen LogP contribution in [-0.2, 0) is 20.9 Å². The van der Waals surface area contributed by atoms with E-state index < -0.39 is 34.3 Å². The van der Waals surface area contributed by atoms with Crippen LogP contribution in [-0.4, -0.2) is 61.3 Å². The number of likely N-dealkylation sites (tertiary alicyclic amines) is 1. The van der Waals surface area contributed by atoms with Gasteiger partial charge in [-0.1, -0.05) is 30.0 Å². The number of hydrogen-bond donors (Lipinski definition) is 0. The molecule has 0 N–H and O–H groups in total. The molecule has 3 rings (SSSR count). The molecule has 0 bridgehead atoms. The van der Waals surface area contributed by atoms with Crippen molar-refractivity contribution in [1.29, 1.82) is 5.26 Å². The van der Waals surface area contributed by atoms with Gasteiger partial charge in [-0.2, -0.15) is 5.26 Å². The summed E-state index contributed by atoms with van der Waals surface area (Å²) < 4.78 is 10.3. The second-order valence-electron chi connectivity index (χ2n) is 8.39. The van der Waals surface area contributed by atoms with Gasteiger partial charge in [-0.15, -0.1) is 0 Å². The number of benzene rings is 2. The fraction of sp³-hybridized carbons (Fsp3) is 0.333. The zero-order valence-corrected chi connectivity index (χ0v) is 21.4. The molecule has 1 aliphatic rings. The maximum absolute atomic E-state index is 12.9. The van der Waals surface area contributed by atoms with Crippen molar-refractivity contribution in [3.8, 4) is 6.19 Å². The molecule has 3 atom stereocenters. The van der Waals surface area contributed by atoms with E-state index in [1.807, 2.05) is 0 Å². The van der Waals surface area contributed by atoms with Crippen molar-refractivity contribution in [2.45, 2.75) is 37.5 Å². The second-order valence-corrected chi connectivity index (χ2v) is 9.87. The summed E-state index contributed by atoms with van der Waals surface area (Å²) in [5, 5.41) is 31.4. The molecule has 15 heteroatoms. The highest BCUT2D eigenvalue weighted by Gasteiger charge is 2.40. The minimum absolute atomic E-state index is 0.0872. The zero-order chi connectivity index (χ0) is 28.5. The Hall–Kier alpha value is -4.71. The Labute approximate surface area is 226 Å². The van der Waals surface area contributed by atoms with Gasteiger partial charge in [-0.05, 0) is 36.2 Å². The molecule has 3 unspecified atom stereocenters. The number of thioether (sulfide) groups is 1. The SMILES string of the molecule is CC(=O)SC1CC(CN(C#N)C(=O)OC(c2ccccc2)[N+](=O)[O-])N(C(=O)OCc2ccc([N+](=O)[O-])cc2)C1. The molecule has 0 aromatic heterocycles. The van der Waals surface area contributed by atoms with Crippen molar-refractivity contribution in [2.75, 3.05) is 13.1 Å². The lowest BCUT2D eigenvalue weighted by molar-refractivity contribution is -0.575. The summed E-state index contributed by atoms with van der Waals surface area (Å²) in [5.74, 6) is 0. The van der Waals surface area contributed by atoms with Crippen molar-refractivity contribution < 1.29 is 33.7 Å². The Bertz CT molecular complexity index is 1270. The molecule has 0 spiro atoms. The molecule has 39 heavy (non-hydrogen) atoms. The Morgan fingerprint density at radius 2 is 1.82 bits per heavy atom. The number of nitro benzene ring substituents is 1. The summed E-state index contributed by atoms with van der Waals surface area (Å²) in [7, 11) is 0. The van der Waals surface area contributed by atoms with E-state index in [9.17, 15) is 39.9 Å². The molecule has 1 heterocycles. The van der Waals surface area contributed by atoms with Crippen LogP contribution in [0.3, 0.4) is 0 Å². The highest BCUT2D eigenvalue weighted by atomic mass is 32.2. The maximum Gasteiger partial charge on any atom is 0.428 e. The van der Waals surface area contributed by atoms with Gasteiger partial charge in [-0.25, -0.2) is 14.5 Å². The predicted molar refractivity (Wildman–Crippen MR) is 135 cm³/mol. The molecule has 1 saturated heterocycles. The third kappa shape index (κ3) is 7.89. The number of nitrogens with zero attached hydrogens (tertiary/aromatic N) is 5. The lowest BCUT2D eigenvalue weighted by Gasteiger charge is -2.26. The maximum atomic E-state index is 12.9. The smallest absolute Gasteiger partial charge is 0.428 e. The monoisotopic (exact) mass is 557 g/mol. The van der Waals surface area contributed by atoms with Gasteiger partial charge in [0.15, 0.2) is 11.3 Å². The van der Waals surface area contributed by atoms with Crippen LogP contribution in [0.25, 0.3) is 0 Å². The van der Waals surface area contributed by atoms with E-state index in [1.165, 1.54) is 60.4 Å². The average molecular weight is 558 g/mol. The van der Waals surface area contributed by atoms with Crippen LogP contribution in [0.5, 0.6) is 0 Å². The van der Waals surface area contributed by atoms with Gasteiger partial charge in [0, 0.05) is 30.9 Å². The van der Waals surface area contributed by atoms with E-state index in [4.69, 9.17) is 9.47 Å². The lowest BCUT2D eigenvalue weighted by Crippen LogP contribution is -2.44. The number of non-ortho nitro benzene ring substituents is 1. The molecular formula is C24H23N5O9S. The lowest BCUT2D eigenvalue weighted by atomic mass is 10.2. The minimum atomic E-state index is -1.85. The fourth-order valence-electron chi connectivity index (χ4n) is 3.91. The number of nitriles is 1. The Kier molecular flexibility index (Phi) is 9.76. The number of carbonyl (C=O) groups excluding carboxylic acids is 3. The molecule has 2 aromatic carbocycles. The van der Waals surface area contributed by atoms with Crippen molar-refractivity contribution in [2.24, 2.45) is 0 Å². The topological polar surface area (TPSA) is 186 Å². The van der Waals surface area contributed by atoms with Gasteiger partial charge in [0.1, 0.15) is 6.61 Å².